The fourth-order valence-corrected chi connectivity index (χ4v) is 6.17. The van der Waals surface area contributed by atoms with E-state index in [1.54, 1.807) is 22.7 Å². The van der Waals surface area contributed by atoms with Crippen LogP contribution >= 0.6 is 11.3 Å². The van der Waals surface area contributed by atoms with Crippen molar-refractivity contribution in [2.24, 2.45) is 0 Å². The predicted molar refractivity (Wildman–Crippen MR) is 183 cm³/mol. The molecule has 1 fully saturated rings. The van der Waals surface area contributed by atoms with Crippen LogP contribution in [0.2, 0.25) is 0 Å². The highest BCUT2D eigenvalue weighted by Crippen LogP contribution is 2.32. The topological polar surface area (TPSA) is 113 Å². The van der Waals surface area contributed by atoms with Gasteiger partial charge in [-0.1, -0.05) is 55.1 Å². The molecule has 1 saturated heterocycles. The zero-order valence-electron chi connectivity index (χ0n) is 27.9. The van der Waals surface area contributed by atoms with E-state index in [4.69, 9.17) is 4.74 Å². The molecule has 1 atom stereocenters. The van der Waals surface area contributed by atoms with E-state index in [9.17, 15) is 27.6 Å². The summed E-state index contributed by atoms with van der Waals surface area (Å²) < 4.78 is 45.0. The molecule has 0 bridgehead atoms. The summed E-state index contributed by atoms with van der Waals surface area (Å²) in [6.45, 7) is 8.75. The highest BCUT2D eigenvalue weighted by Gasteiger charge is 2.38. The molecule has 50 heavy (non-hydrogen) atoms. The van der Waals surface area contributed by atoms with Gasteiger partial charge < -0.3 is 15.0 Å². The van der Waals surface area contributed by atoms with Gasteiger partial charge in [0.2, 0.25) is 0 Å². The van der Waals surface area contributed by atoms with E-state index < -0.39 is 23.1 Å². The van der Waals surface area contributed by atoms with Crippen molar-refractivity contribution in [3.05, 3.63) is 106 Å². The molecule has 0 aliphatic carbocycles. The van der Waals surface area contributed by atoms with Gasteiger partial charge in [-0.2, -0.15) is 18.3 Å². The third-order valence-corrected chi connectivity index (χ3v) is 9.15. The lowest BCUT2D eigenvalue weighted by atomic mass is 10.0. The molecule has 2 aliphatic heterocycles. The molecule has 4 heterocycles. The van der Waals surface area contributed by atoms with E-state index in [0.717, 1.165) is 35.4 Å². The minimum atomic E-state index is -4.62. The van der Waals surface area contributed by atoms with E-state index in [1.165, 1.54) is 4.90 Å². The minimum Gasteiger partial charge on any atom is -0.378 e. The molecule has 6 rings (SSSR count). The summed E-state index contributed by atoms with van der Waals surface area (Å²) in [5, 5.41) is 6.81. The molecule has 1 N–H and O–H groups in total. The second-order valence-electron chi connectivity index (χ2n) is 11.9. The molecule has 0 spiro atoms. The largest absolute Gasteiger partial charge is 0.443 e. The van der Waals surface area contributed by atoms with Crippen LogP contribution in [-0.2, 0) is 33.5 Å². The number of carbonyl (C=O) groups is 3. The number of amides is 3. The molecule has 4 aromatic rings. The number of aromatic nitrogens is 3. The van der Waals surface area contributed by atoms with Gasteiger partial charge in [0.25, 0.3) is 17.7 Å². The lowest BCUT2D eigenvalue weighted by molar-refractivity contribution is -0.137. The molecule has 2 aromatic heterocycles. The number of anilines is 1. The van der Waals surface area contributed by atoms with Crippen LogP contribution in [0.15, 0.2) is 84.4 Å². The van der Waals surface area contributed by atoms with Crippen molar-refractivity contribution in [2.45, 2.75) is 38.1 Å². The number of nitrogens with zero attached hydrogens (tertiary/aromatic N) is 6. The second kappa shape index (κ2) is 15.8. The number of hydrogen-bond acceptors (Lipinski definition) is 8. The van der Waals surface area contributed by atoms with Gasteiger partial charge in [-0.25, -0.2) is 9.67 Å². The van der Waals surface area contributed by atoms with E-state index >= 15 is 0 Å². The second-order valence-corrected chi connectivity index (χ2v) is 12.8. The maximum Gasteiger partial charge on any atom is 0.443 e. The zero-order chi connectivity index (χ0) is 36.0. The van der Waals surface area contributed by atoms with Gasteiger partial charge in [0.15, 0.2) is 5.01 Å². The number of para-hydroxylation sites is 1. The first-order chi connectivity index (χ1) is 23.9. The maximum atomic E-state index is 13.0. The number of hydrogen-bond donors (Lipinski definition) is 1. The normalized spacial score (nSPS) is 15.9. The van der Waals surface area contributed by atoms with Gasteiger partial charge in [0.05, 0.1) is 31.1 Å². The monoisotopic (exact) mass is 709 g/mol. The van der Waals surface area contributed by atoms with Gasteiger partial charge >= 0.3 is 6.18 Å². The first-order valence-corrected chi connectivity index (χ1v) is 16.8. The number of likely N-dealkylation sites (N-methyl/N-ethyl adjacent to an activating group) is 3. The highest BCUT2D eigenvalue weighted by atomic mass is 32.1. The molecular formula is C35H38F3N7O4S. The zero-order valence-corrected chi connectivity index (χ0v) is 28.7. The Morgan fingerprint density at radius 2 is 1.74 bits per heavy atom. The Morgan fingerprint density at radius 3 is 2.32 bits per heavy atom. The third kappa shape index (κ3) is 8.46. The summed E-state index contributed by atoms with van der Waals surface area (Å²) in [5.41, 5.74) is 2.91. The number of rotatable bonds is 10. The average Bonchev–Trinajstić information content (AvgIpc) is 3.74. The fourth-order valence-electron chi connectivity index (χ4n) is 5.50. The summed E-state index contributed by atoms with van der Waals surface area (Å²) in [4.78, 5) is 46.4. The van der Waals surface area contributed by atoms with Crippen LogP contribution in [0.3, 0.4) is 0 Å². The average molecular weight is 710 g/mol. The lowest BCUT2D eigenvalue weighted by Gasteiger charge is -2.35. The van der Waals surface area contributed by atoms with Crippen LogP contribution in [0.5, 0.6) is 0 Å². The molecule has 2 aliphatic rings. The van der Waals surface area contributed by atoms with Crippen molar-refractivity contribution in [1.29, 1.82) is 0 Å². The Bertz CT molecular complexity index is 1810. The summed E-state index contributed by atoms with van der Waals surface area (Å²) in [6, 6.07) is 18.8. The number of halogens is 3. The number of carbonyl (C=O) groups excluding carboxylic acids is 3. The van der Waals surface area contributed by atoms with Crippen LogP contribution in [0.25, 0.3) is 5.69 Å². The van der Waals surface area contributed by atoms with E-state index in [-0.39, 0.29) is 23.9 Å². The number of ether oxygens (including phenoxy) is 1. The van der Waals surface area contributed by atoms with E-state index in [2.05, 4.69) is 26.9 Å². The molecule has 15 heteroatoms. The summed E-state index contributed by atoms with van der Waals surface area (Å²) >= 11 is 0.337. The van der Waals surface area contributed by atoms with E-state index in [1.807, 2.05) is 74.8 Å². The fraction of sp³-hybridized carbons (Fsp3) is 0.343. The Labute approximate surface area is 292 Å². The van der Waals surface area contributed by atoms with Gasteiger partial charge in [-0.3, -0.25) is 24.2 Å². The standard InChI is InChI=1S/C19H16F3N5O2S.C16H22N2O2/c1-2-26-16-11(9-23-27(16)12-6-4-3-5-7-12)8-13(17(26)29)24-15(28)14-10-30-18(25-14)19(20,21)22;1-13(9-17(2)15-11-20-12-15)16(19)18(3)10-14-7-5-4-6-8-14/h3-7,9-10,13H,2,8H2,1H3,(H,24,28);4-8,15H,1,9-12H2,2-3H3. The first kappa shape index (κ1) is 36.4. The van der Waals surface area contributed by atoms with Gasteiger partial charge in [0.1, 0.15) is 17.6 Å². The number of alkyl halides is 3. The first-order valence-electron chi connectivity index (χ1n) is 15.9. The van der Waals surface area contributed by atoms with Crippen molar-refractivity contribution in [2.75, 3.05) is 45.3 Å². The quantitative estimate of drug-likeness (QED) is 0.240. The molecule has 11 nitrogen and oxygen atoms in total. The van der Waals surface area contributed by atoms with Crippen molar-refractivity contribution in [3.8, 4) is 5.69 Å². The molecule has 3 amide bonds. The van der Waals surface area contributed by atoms with Crippen LogP contribution in [-0.4, -0.2) is 94.8 Å². The SMILES string of the molecule is C=C(CN(C)C1COC1)C(=O)N(C)Cc1ccccc1.CCN1C(=O)C(NC(=O)c2csc(C(F)(F)F)n2)Cc2cnn(-c3ccccc3)c21. The molecule has 0 radical (unpaired) electrons. The number of nitrogens with one attached hydrogen (secondary N) is 1. The van der Waals surface area contributed by atoms with Gasteiger partial charge in [-0.05, 0) is 31.7 Å². The summed E-state index contributed by atoms with van der Waals surface area (Å²) in [5.74, 6) is -0.564. The molecule has 2 aromatic carbocycles. The molecule has 264 valence electrons. The van der Waals surface area contributed by atoms with Crippen molar-refractivity contribution in [1.82, 2.24) is 29.9 Å². The van der Waals surface area contributed by atoms with Crippen LogP contribution in [0.1, 0.15) is 33.5 Å². The van der Waals surface area contributed by atoms with Crippen LogP contribution in [0, 0.1) is 0 Å². The number of benzene rings is 2. The number of fused-ring (bicyclic) bond motifs is 1. The Kier molecular flexibility index (Phi) is 11.5. The number of thiazole rings is 1. The molecule has 1 unspecified atom stereocenters. The smallest absolute Gasteiger partial charge is 0.378 e. The Balaban J connectivity index is 0.000000211. The highest BCUT2D eigenvalue weighted by molar-refractivity contribution is 7.10. The Morgan fingerprint density at radius 1 is 1.08 bits per heavy atom. The van der Waals surface area contributed by atoms with Crippen molar-refractivity contribution < 1.29 is 32.3 Å². The van der Waals surface area contributed by atoms with Crippen molar-refractivity contribution in [3.63, 3.8) is 0 Å². The maximum absolute atomic E-state index is 13.0. The van der Waals surface area contributed by atoms with Crippen molar-refractivity contribution >= 4 is 34.9 Å². The van der Waals surface area contributed by atoms with Gasteiger partial charge in [0, 0.05) is 49.6 Å². The van der Waals surface area contributed by atoms with E-state index in [0.29, 0.717) is 48.4 Å². The predicted octanol–water partition coefficient (Wildman–Crippen LogP) is 4.59. The summed E-state index contributed by atoms with van der Waals surface area (Å²) in [6.07, 6.45) is -2.81. The summed E-state index contributed by atoms with van der Waals surface area (Å²) in [7, 11) is 3.82. The van der Waals surface area contributed by atoms with Crippen LogP contribution < -0.4 is 10.2 Å². The lowest BCUT2D eigenvalue weighted by Crippen LogP contribution is -2.53. The van der Waals surface area contributed by atoms with Crippen LogP contribution in [0.4, 0.5) is 19.0 Å². The van der Waals surface area contributed by atoms with Gasteiger partial charge in [-0.15, -0.1) is 11.3 Å². The molecular weight excluding hydrogens is 671 g/mol. The Hall–Kier alpha value is -4.86. The minimum absolute atomic E-state index is 0.000875. The third-order valence-electron chi connectivity index (χ3n) is 8.26. The molecule has 0 saturated carbocycles.